The van der Waals surface area contributed by atoms with Gasteiger partial charge in [0.2, 0.25) is 5.95 Å². The van der Waals surface area contributed by atoms with Crippen LogP contribution in [0.25, 0.3) is 0 Å². The average Bonchev–Trinajstić information content (AvgIpc) is 2.76. The van der Waals surface area contributed by atoms with Crippen LogP contribution in [-0.2, 0) is 0 Å². The number of halogens is 1. The summed E-state index contributed by atoms with van der Waals surface area (Å²) < 4.78 is 6.45. The van der Waals surface area contributed by atoms with Crippen molar-refractivity contribution in [2.24, 2.45) is 0 Å². The highest BCUT2D eigenvalue weighted by Crippen LogP contribution is 2.33. The fraction of sp³-hybridized carbons (Fsp3) is 0.167. The first-order chi connectivity index (χ1) is 8.33. The number of nitrogens with zero attached hydrogens (tertiary/aromatic N) is 2. The Labute approximate surface area is 107 Å². The van der Waals surface area contributed by atoms with Crippen molar-refractivity contribution in [1.82, 2.24) is 9.97 Å². The molecule has 1 atom stereocenters. The molecule has 2 aromatic rings. The zero-order valence-corrected chi connectivity index (χ0v) is 10.5. The molecular formula is C12H10BrN3O. The maximum Gasteiger partial charge on any atom is 0.223 e. The molecule has 1 aromatic carbocycles. The Morgan fingerprint density at radius 1 is 1.24 bits per heavy atom. The summed E-state index contributed by atoms with van der Waals surface area (Å²) in [7, 11) is 0. The Bertz CT molecular complexity index is 530. The van der Waals surface area contributed by atoms with E-state index in [9.17, 15) is 0 Å². The second-order valence-electron chi connectivity index (χ2n) is 3.77. The normalized spacial score (nSPS) is 17.4. The molecule has 17 heavy (non-hydrogen) atoms. The predicted molar refractivity (Wildman–Crippen MR) is 68.0 cm³/mol. The molecule has 5 heteroatoms. The predicted octanol–water partition coefficient (Wildman–Crippen LogP) is 2.78. The first-order valence-corrected chi connectivity index (χ1v) is 6.08. The molecule has 0 saturated heterocycles. The first kappa shape index (κ1) is 10.5. The van der Waals surface area contributed by atoms with E-state index in [-0.39, 0.29) is 6.04 Å². The van der Waals surface area contributed by atoms with E-state index in [2.05, 4.69) is 37.3 Å². The summed E-state index contributed by atoms with van der Waals surface area (Å²) in [5, 5.41) is 3.26. The number of aromatic nitrogens is 2. The van der Waals surface area contributed by atoms with Crippen molar-refractivity contribution >= 4 is 21.9 Å². The quantitative estimate of drug-likeness (QED) is 0.924. The first-order valence-electron chi connectivity index (χ1n) is 5.29. The fourth-order valence-electron chi connectivity index (χ4n) is 1.82. The maximum atomic E-state index is 5.58. The van der Waals surface area contributed by atoms with Gasteiger partial charge in [0.05, 0.1) is 10.5 Å². The largest absolute Gasteiger partial charge is 0.491 e. The van der Waals surface area contributed by atoms with Gasteiger partial charge in [0.15, 0.2) is 0 Å². The molecule has 0 saturated carbocycles. The number of para-hydroxylation sites is 1. The van der Waals surface area contributed by atoms with E-state index in [4.69, 9.17) is 4.74 Å². The van der Waals surface area contributed by atoms with Crippen LogP contribution < -0.4 is 10.1 Å². The molecule has 0 bridgehead atoms. The lowest BCUT2D eigenvalue weighted by molar-refractivity contribution is 0.339. The van der Waals surface area contributed by atoms with Crippen LogP contribution in [0.2, 0.25) is 0 Å². The smallest absolute Gasteiger partial charge is 0.223 e. The Balaban J connectivity index is 1.81. The summed E-state index contributed by atoms with van der Waals surface area (Å²) >= 11 is 3.31. The van der Waals surface area contributed by atoms with E-state index in [1.54, 1.807) is 12.4 Å². The van der Waals surface area contributed by atoms with Crippen molar-refractivity contribution in [3.8, 4) is 5.75 Å². The number of fused-ring (bicyclic) bond motifs is 1. The number of anilines is 1. The van der Waals surface area contributed by atoms with Gasteiger partial charge in [-0.2, -0.15) is 0 Å². The van der Waals surface area contributed by atoms with Gasteiger partial charge in [-0.15, -0.1) is 0 Å². The monoisotopic (exact) mass is 291 g/mol. The number of nitrogens with one attached hydrogen (secondary N) is 1. The Hall–Kier alpha value is -1.62. The molecule has 1 unspecified atom stereocenters. The second kappa shape index (κ2) is 4.33. The van der Waals surface area contributed by atoms with Gasteiger partial charge in [0.1, 0.15) is 12.4 Å². The lowest BCUT2D eigenvalue weighted by atomic mass is 10.1. The van der Waals surface area contributed by atoms with Gasteiger partial charge < -0.3 is 10.1 Å². The minimum Gasteiger partial charge on any atom is -0.491 e. The standard InChI is InChI=1S/C12H10BrN3O/c13-8-5-14-12(15-6-8)16-10-7-17-11-4-2-1-3-9(10)11/h1-6,10H,7H2,(H,14,15,16). The molecule has 1 N–H and O–H groups in total. The molecule has 1 aromatic heterocycles. The topological polar surface area (TPSA) is 47.0 Å². The SMILES string of the molecule is Brc1cnc(NC2COc3ccccc32)nc1. The minimum absolute atomic E-state index is 0.118. The van der Waals surface area contributed by atoms with Crippen molar-refractivity contribution in [2.45, 2.75) is 6.04 Å². The van der Waals surface area contributed by atoms with Crippen molar-refractivity contribution in [2.75, 3.05) is 11.9 Å². The lowest BCUT2D eigenvalue weighted by Gasteiger charge is -2.10. The molecule has 0 aliphatic carbocycles. The number of rotatable bonds is 2. The van der Waals surface area contributed by atoms with E-state index in [1.807, 2.05) is 18.2 Å². The van der Waals surface area contributed by atoms with Gasteiger partial charge in [0.25, 0.3) is 0 Å². The van der Waals surface area contributed by atoms with E-state index >= 15 is 0 Å². The van der Waals surface area contributed by atoms with E-state index in [0.717, 1.165) is 15.8 Å². The summed E-state index contributed by atoms with van der Waals surface area (Å²) in [6, 6.07) is 8.12. The van der Waals surface area contributed by atoms with Crippen LogP contribution in [0.3, 0.4) is 0 Å². The number of hydrogen-bond acceptors (Lipinski definition) is 4. The third kappa shape index (κ3) is 2.10. The third-order valence-corrected chi connectivity index (χ3v) is 3.03. The van der Waals surface area contributed by atoms with Crippen molar-refractivity contribution in [3.05, 3.63) is 46.7 Å². The molecule has 4 nitrogen and oxygen atoms in total. The molecule has 0 spiro atoms. The average molecular weight is 292 g/mol. The van der Waals surface area contributed by atoms with Crippen LogP contribution in [0.5, 0.6) is 5.75 Å². The van der Waals surface area contributed by atoms with Crippen molar-refractivity contribution < 1.29 is 4.74 Å². The molecule has 0 amide bonds. The second-order valence-corrected chi connectivity index (χ2v) is 4.69. The zero-order valence-electron chi connectivity index (χ0n) is 8.93. The zero-order chi connectivity index (χ0) is 11.7. The van der Waals surface area contributed by atoms with Crippen molar-refractivity contribution in [3.63, 3.8) is 0 Å². The molecular weight excluding hydrogens is 282 g/mol. The van der Waals surface area contributed by atoms with Gasteiger partial charge in [-0.25, -0.2) is 9.97 Å². The van der Waals surface area contributed by atoms with E-state index in [1.165, 1.54) is 0 Å². The summed E-state index contributed by atoms with van der Waals surface area (Å²) in [5.74, 6) is 1.54. The van der Waals surface area contributed by atoms with Gasteiger partial charge in [-0.3, -0.25) is 0 Å². The molecule has 86 valence electrons. The van der Waals surface area contributed by atoms with Gasteiger partial charge in [0, 0.05) is 18.0 Å². The van der Waals surface area contributed by atoms with Gasteiger partial charge in [-0.1, -0.05) is 18.2 Å². The van der Waals surface area contributed by atoms with Gasteiger partial charge in [-0.05, 0) is 22.0 Å². The Morgan fingerprint density at radius 2 is 2.00 bits per heavy atom. The summed E-state index contributed by atoms with van der Waals surface area (Å²) in [6.07, 6.45) is 3.44. The fourth-order valence-corrected chi connectivity index (χ4v) is 2.03. The van der Waals surface area contributed by atoms with E-state index in [0.29, 0.717) is 12.6 Å². The Morgan fingerprint density at radius 3 is 2.82 bits per heavy atom. The molecule has 0 fully saturated rings. The van der Waals surface area contributed by atoms with E-state index < -0.39 is 0 Å². The lowest BCUT2D eigenvalue weighted by Crippen LogP contribution is -2.13. The Kier molecular flexibility index (Phi) is 2.68. The highest BCUT2D eigenvalue weighted by atomic mass is 79.9. The van der Waals surface area contributed by atoms with Crippen LogP contribution in [0.1, 0.15) is 11.6 Å². The minimum atomic E-state index is 0.118. The highest BCUT2D eigenvalue weighted by molar-refractivity contribution is 9.10. The number of hydrogen-bond donors (Lipinski definition) is 1. The number of ether oxygens (including phenoxy) is 1. The molecule has 0 radical (unpaired) electrons. The van der Waals surface area contributed by atoms with Crippen LogP contribution in [0, 0.1) is 0 Å². The maximum absolute atomic E-state index is 5.58. The highest BCUT2D eigenvalue weighted by Gasteiger charge is 2.23. The van der Waals surface area contributed by atoms with Crippen LogP contribution >= 0.6 is 15.9 Å². The van der Waals surface area contributed by atoms with Crippen LogP contribution in [0.4, 0.5) is 5.95 Å². The van der Waals surface area contributed by atoms with Gasteiger partial charge >= 0.3 is 0 Å². The third-order valence-electron chi connectivity index (χ3n) is 2.62. The summed E-state index contributed by atoms with van der Waals surface area (Å²) in [4.78, 5) is 8.38. The molecule has 3 rings (SSSR count). The molecule has 1 aliphatic heterocycles. The van der Waals surface area contributed by atoms with Crippen molar-refractivity contribution in [1.29, 1.82) is 0 Å². The number of benzene rings is 1. The van der Waals surface area contributed by atoms with Crippen LogP contribution in [-0.4, -0.2) is 16.6 Å². The summed E-state index contributed by atoms with van der Waals surface area (Å²) in [6.45, 7) is 0.610. The molecule has 1 aliphatic rings. The van der Waals surface area contributed by atoms with Crippen LogP contribution in [0.15, 0.2) is 41.1 Å². The summed E-state index contributed by atoms with van der Waals surface area (Å²) in [5.41, 5.74) is 1.15. The molecule has 2 heterocycles.